The fourth-order valence-electron chi connectivity index (χ4n) is 4.71. The van der Waals surface area contributed by atoms with Crippen molar-refractivity contribution >= 4 is 33.4 Å². The number of hydrogen-bond acceptors (Lipinski definition) is 7. The van der Waals surface area contributed by atoms with Gasteiger partial charge in [0.15, 0.2) is 5.79 Å². The minimum absolute atomic E-state index is 0.0242. The zero-order chi connectivity index (χ0) is 26.8. The topological polar surface area (TPSA) is 128 Å². The maximum Gasteiger partial charge on any atom is 0.260 e. The second-order valence-electron chi connectivity index (χ2n) is 11.4. The average molecular weight is 507 g/mol. The van der Waals surface area contributed by atoms with Gasteiger partial charge < -0.3 is 30.4 Å². The van der Waals surface area contributed by atoms with Crippen LogP contribution in [0.3, 0.4) is 0 Å². The Hall–Kier alpha value is -3.43. The Balaban J connectivity index is 0.000000586. The normalized spacial score (nSPS) is 18.0. The van der Waals surface area contributed by atoms with Crippen molar-refractivity contribution in [3.8, 4) is 0 Å². The SMILES string of the molecule is CC(C)(C)Nc1ccc2ccc(NCC3CCC(n4ccc5c(=O)[nH]cnc54)C3)cc2n1.CC(C)(O)O. The van der Waals surface area contributed by atoms with Crippen molar-refractivity contribution in [1.82, 2.24) is 19.5 Å². The van der Waals surface area contributed by atoms with Gasteiger partial charge in [0.25, 0.3) is 5.56 Å². The van der Waals surface area contributed by atoms with E-state index in [2.05, 4.69) is 70.2 Å². The molecule has 9 heteroatoms. The minimum atomic E-state index is -1.50. The summed E-state index contributed by atoms with van der Waals surface area (Å²) in [4.78, 5) is 23.8. The molecule has 2 atom stereocenters. The van der Waals surface area contributed by atoms with E-state index in [0.717, 1.165) is 53.9 Å². The molecule has 1 fully saturated rings. The predicted octanol–water partition coefficient (Wildman–Crippen LogP) is 4.64. The number of H-pyrrole nitrogens is 1. The van der Waals surface area contributed by atoms with Crippen LogP contribution in [0.5, 0.6) is 0 Å². The molecular formula is C28H38N6O3. The second-order valence-corrected chi connectivity index (χ2v) is 11.4. The molecule has 3 heterocycles. The lowest BCUT2D eigenvalue weighted by Gasteiger charge is -2.21. The van der Waals surface area contributed by atoms with Crippen molar-refractivity contribution in [2.24, 2.45) is 5.92 Å². The van der Waals surface area contributed by atoms with Gasteiger partial charge in [0.1, 0.15) is 11.5 Å². The van der Waals surface area contributed by atoms with Gasteiger partial charge in [0.2, 0.25) is 0 Å². The number of aliphatic hydroxyl groups is 2. The summed E-state index contributed by atoms with van der Waals surface area (Å²) in [7, 11) is 0. The molecule has 0 spiro atoms. The summed E-state index contributed by atoms with van der Waals surface area (Å²) < 4.78 is 2.17. The van der Waals surface area contributed by atoms with E-state index < -0.39 is 5.79 Å². The monoisotopic (exact) mass is 506 g/mol. The third-order valence-corrected chi connectivity index (χ3v) is 6.21. The third-order valence-electron chi connectivity index (χ3n) is 6.21. The van der Waals surface area contributed by atoms with Gasteiger partial charge in [-0.15, -0.1) is 0 Å². The molecule has 0 amide bonds. The first-order valence-corrected chi connectivity index (χ1v) is 12.8. The summed E-state index contributed by atoms with van der Waals surface area (Å²) in [5, 5.41) is 25.0. The number of aromatic amines is 1. The fourth-order valence-corrected chi connectivity index (χ4v) is 4.71. The molecule has 2 unspecified atom stereocenters. The lowest BCUT2D eigenvalue weighted by Crippen LogP contribution is -2.26. The van der Waals surface area contributed by atoms with Gasteiger partial charge in [0, 0.05) is 35.4 Å². The van der Waals surface area contributed by atoms with E-state index in [1.54, 1.807) is 0 Å². The zero-order valence-corrected chi connectivity index (χ0v) is 22.2. The van der Waals surface area contributed by atoms with Crippen molar-refractivity contribution in [2.45, 2.75) is 71.2 Å². The first-order chi connectivity index (χ1) is 17.4. The standard InChI is InChI=1S/C25H30N6O.C3H8O2/c1-25(2,3)30-22-9-6-17-5-7-18(13-21(17)29-22)26-14-16-4-8-19(12-16)31-11-10-20-23(31)27-15-28-24(20)32;1-3(2,4)5/h5-7,9-11,13,15-16,19,26H,4,8,12,14H2,1-3H3,(H,29,30)(H,27,28,32);4-5H,1-2H3. The molecule has 0 saturated heterocycles. The number of hydrogen-bond donors (Lipinski definition) is 5. The second kappa shape index (κ2) is 10.5. The summed E-state index contributed by atoms with van der Waals surface area (Å²) in [5.41, 5.74) is 2.77. The Morgan fingerprint density at radius 3 is 2.54 bits per heavy atom. The molecule has 198 valence electrons. The number of nitrogens with one attached hydrogen (secondary N) is 3. The Kier molecular flexibility index (Phi) is 7.57. The number of nitrogens with zero attached hydrogens (tertiary/aromatic N) is 3. The summed E-state index contributed by atoms with van der Waals surface area (Å²) in [5.74, 6) is -0.0239. The van der Waals surface area contributed by atoms with E-state index >= 15 is 0 Å². The molecule has 1 aromatic carbocycles. The number of aromatic nitrogens is 4. The lowest BCUT2D eigenvalue weighted by molar-refractivity contribution is -0.127. The minimum Gasteiger partial charge on any atom is -0.385 e. The van der Waals surface area contributed by atoms with E-state index in [-0.39, 0.29) is 11.1 Å². The average Bonchev–Trinajstić information content (AvgIpc) is 3.43. The molecule has 5 N–H and O–H groups in total. The largest absolute Gasteiger partial charge is 0.385 e. The maximum absolute atomic E-state index is 12.0. The smallest absolute Gasteiger partial charge is 0.260 e. The highest BCUT2D eigenvalue weighted by Crippen LogP contribution is 2.36. The molecule has 9 nitrogen and oxygen atoms in total. The quantitative estimate of drug-likeness (QED) is 0.249. The maximum atomic E-state index is 12.0. The van der Waals surface area contributed by atoms with E-state index in [0.29, 0.717) is 17.3 Å². The van der Waals surface area contributed by atoms with Crippen LogP contribution in [0.15, 0.2) is 53.7 Å². The molecular weight excluding hydrogens is 468 g/mol. The van der Waals surface area contributed by atoms with Crippen LogP contribution in [0.2, 0.25) is 0 Å². The van der Waals surface area contributed by atoms with Gasteiger partial charge in [-0.05, 0) is 90.1 Å². The van der Waals surface area contributed by atoms with E-state index in [9.17, 15) is 4.79 Å². The van der Waals surface area contributed by atoms with Crippen LogP contribution < -0.4 is 16.2 Å². The lowest BCUT2D eigenvalue weighted by atomic mass is 10.1. The van der Waals surface area contributed by atoms with Crippen LogP contribution in [0.25, 0.3) is 21.9 Å². The molecule has 0 radical (unpaired) electrons. The number of pyridine rings is 1. The van der Waals surface area contributed by atoms with Crippen molar-refractivity contribution in [3.05, 3.63) is 59.3 Å². The van der Waals surface area contributed by atoms with Gasteiger partial charge in [-0.2, -0.15) is 0 Å². The summed E-state index contributed by atoms with van der Waals surface area (Å²) in [6.07, 6.45) is 6.84. The first kappa shape index (κ1) is 26.6. The molecule has 1 saturated carbocycles. The van der Waals surface area contributed by atoms with E-state index in [1.165, 1.54) is 20.2 Å². The zero-order valence-electron chi connectivity index (χ0n) is 22.2. The van der Waals surface area contributed by atoms with Crippen LogP contribution in [-0.4, -0.2) is 47.6 Å². The van der Waals surface area contributed by atoms with Gasteiger partial charge >= 0.3 is 0 Å². The Morgan fingerprint density at radius 2 is 1.81 bits per heavy atom. The number of rotatable bonds is 5. The number of anilines is 2. The van der Waals surface area contributed by atoms with E-state index in [4.69, 9.17) is 15.2 Å². The van der Waals surface area contributed by atoms with Gasteiger partial charge in [-0.1, -0.05) is 6.07 Å². The fraction of sp³-hybridized carbons (Fsp3) is 0.464. The van der Waals surface area contributed by atoms with Gasteiger partial charge in [-0.3, -0.25) is 4.79 Å². The van der Waals surface area contributed by atoms with Crippen LogP contribution in [0, 0.1) is 5.92 Å². The highest BCUT2D eigenvalue weighted by atomic mass is 16.5. The molecule has 0 aliphatic heterocycles. The Bertz CT molecular complexity index is 1410. The number of fused-ring (bicyclic) bond motifs is 2. The van der Waals surface area contributed by atoms with Crippen LogP contribution in [0.1, 0.15) is 59.9 Å². The summed E-state index contributed by atoms with van der Waals surface area (Å²) >= 11 is 0. The molecule has 37 heavy (non-hydrogen) atoms. The van der Waals surface area contributed by atoms with Gasteiger partial charge in [-0.25, -0.2) is 9.97 Å². The molecule has 1 aliphatic rings. The van der Waals surface area contributed by atoms with Gasteiger partial charge in [0.05, 0.1) is 17.2 Å². The van der Waals surface area contributed by atoms with Crippen molar-refractivity contribution in [3.63, 3.8) is 0 Å². The van der Waals surface area contributed by atoms with Crippen molar-refractivity contribution in [2.75, 3.05) is 17.2 Å². The molecule has 5 rings (SSSR count). The molecule has 4 aromatic rings. The summed E-state index contributed by atoms with van der Waals surface area (Å²) in [6, 6.07) is 12.8. The molecule has 1 aliphatic carbocycles. The summed E-state index contributed by atoms with van der Waals surface area (Å²) in [6.45, 7) is 9.93. The van der Waals surface area contributed by atoms with Crippen LogP contribution in [-0.2, 0) is 0 Å². The highest BCUT2D eigenvalue weighted by molar-refractivity contribution is 5.83. The molecule has 0 bridgehead atoms. The van der Waals surface area contributed by atoms with Crippen molar-refractivity contribution < 1.29 is 10.2 Å². The predicted molar refractivity (Wildman–Crippen MR) is 149 cm³/mol. The van der Waals surface area contributed by atoms with Crippen LogP contribution in [0.4, 0.5) is 11.5 Å². The van der Waals surface area contributed by atoms with Crippen LogP contribution >= 0.6 is 0 Å². The Morgan fingerprint density at radius 1 is 1.08 bits per heavy atom. The number of benzene rings is 1. The van der Waals surface area contributed by atoms with E-state index in [1.807, 2.05) is 18.3 Å². The van der Waals surface area contributed by atoms with Crippen molar-refractivity contribution in [1.29, 1.82) is 0 Å². The first-order valence-electron chi connectivity index (χ1n) is 12.8. The highest BCUT2D eigenvalue weighted by Gasteiger charge is 2.27. The third kappa shape index (κ3) is 7.30. The molecule has 3 aromatic heterocycles. The Labute approximate surface area is 217 Å².